The van der Waals surface area contributed by atoms with Gasteiger partial charge in [-0.15, -0.1) is 11.3 Å². The molecule has 0 saturated heterocycles. The van der Waals surface area contributed by atoms with Gasteiger partial charge in [-0.25, -0.2) is 12.7 Å². The molecule has 29 heavy (non-hydrogen) atoms. The number of rotatable bonds is 7. The molecule has 154 valence electrons. The highest BCUT2D eigenvalue weighted by Crippen LogP contribution is 2.34. The number of esters is 1. The maximum atomic E-state index is 12.3. The van der Waals surface area contributed by atoms with E-state index in [2.05, 4.69) is 5.32 Å². The molecule has 8 nitrogen and oxygen atoms in total. The van der Waals surface area contributed by atoms with Gasteiger partial charge in [0.15, 0.2) is 0 Å². The van der Waals surface area contributed by atoms with Crippen LogP contribution in [0.25, 0.3) is 10.1 Å². The number of sulfonamides is 1. The second-order valence-corrected chi connectivity index (χ2v) is 9.61. The van der Waals surface area contributed by atoms with Crippen LogP contribution in [0.15, 0.2) is 45.9 Å². The Balaban J connectivity index is 1.54. The van der Waals surface area contributed by atoms with Crippen LogP contribution in [0, 0.1) is 0 Å². The topological polar surface area (TPSA) is 106 Å². The maximum Gasteiger partial charge on any atom is 0.325 e. The highest BCUT2D eigenvalue weighted by molar-refractivity contribution is 7.88. The van der Waals surface area contributed by atoms with E-state index in [1.807, 2.05) is 24.3 Å². The molecule has 0 saturated carbocycles. The number of benzene rings is 1. The number of hydrogen-bond donors (Lipinski definition) is 1. The van der Waals surface area contributed by atoms with Crippen molar-refractivity contribution < 1.29 is 27.2 Å². The standard InChI is InChI=1S/C18H17ClN2O6S2/c1-21(2)29(24,25)15-8-7-11(27-15)10-26-14(22)9-20-18(23)17-16(19)12-5-3-4-6-13(12)28-17/h3-8H,9-10H2,1-2H3,(H,20,23). The van der Waals surface area contributed by atoms with E-state index in [4.69, 9.17) is 20.8 Å². The summed E-state index contributed by atoms with van der Waals surface area (Å²) >= 11 is 7.47. The van der Waals surface area contributed by atoms with Gasteiger partial charge in [0, 0.05) is 24.2 Å². The Labute approximate surface area is 176 Å². The Morgan fingerprint density at radius 1 is 1.21 bits per heavy atom. The van der Waals surface area contributed by atoms with E-state index in [0.717, 1.165) is 14.4 Å². The first kappa shape index (κ1) is 21.3. The molecule has 3 aromatic rings. The number of carbonyl (C=O) groups excluding carboxylic acids is 2. The van der Waals surface area contributed by atoms with E-state index in [9.17, 15) is 18.0 Å². The Bertz CT molecular complexity index is 1170. The van der Waals surface area contributed by atoms with E-state index < -0.39 is 21.9 Å². The molecule has 0 fully saturated rings. The summed E-state index contributed by atoms with van der Waals surface area (Å²) in [6, 6.07) is 10.0. The first-order chi connectivity index (χ1) is 13.7. The average Bonchev–Trinajstić information content (AvgIpc) is 3.30. The highest BCUT2D eigenvalue weighted by atomic mass is 35.5. The minimum atomic E-state index is -3.70. The summed E-state index contributed by atoms with van der Waals surface area (Å²) in [5.74, 6) is -1.02. The zero-order chi connectivity index (χ0) is 21.2. The molecule has 0 radical (unpaired) electrons. The lowest BCUT2D eigenvalue weighted by Gasteiger charge is -2.08. The number of carbonyl (C=O) groups is 2. The van der Waals surface area contributed by atoms with Gasteiger partial charge in [0.25, 0.3) is 15.9 Å². The van der Waals surface area contributed by atoms with E-state index in [1.165, 1.54) is 37.6 Å². The summed E-state index contributed by atoms with van der Waals surface area (Å²) in [4.78, 5) is 24.5. The molecular formula is C18H17ClN2O6S2. The van der Waals surface area contributed by atoms with E-state index in [1.54, 1.807) is 0 Å². The second kappa shape index (κ2) is 8.54. The number of amides is 1. The van der Waals surface area contributed by atoms with E-state index in [-0.39, 0.29) is 24.0 Å². The predicted octanol–water partition coefficient (Wildman–Crippen LogP) is 2.87. The lowest BCUT2D eigenvalue weighted by Crippen LogP contribution is -2.30. The van der Waals surface area contributed by atoms with Crippen molar-refractivity contribution in [2.24, 2.45) is 0 Å². The second-order valence-electron chi connectivity index (χ2n) is 6.09. The van der Waals surface area contributed by atoms with Crippen LogP contribution < -0.4 is 5.32 Å². The van der Waals surface area contributed by atoms with Crippen molar-refractivity contribution in [2.75, 3.05) is 20.6 Å². The molecule has 0 bridgehead atoms. The van der Waals surface area contributed by atoms with E-state index >= 15 is 0 Å². The molecule has 3 rings (SSSR count). The number of furan rings is 1. The predicted molar refractivity (Wildman–Crippen MR) is 109 cm³/mol. The zero-order valence-electron chi connectivity index (χ0n) is 15.5. The molecule has 0 aliphatic carbocycles. The molecule has 2 aromatic heterocycles. The van der Waals surface area contributed by atoms with Crippen molar-refractivity contribution >= 4 is 54.9 Å². The lowest BCUT2D eigenvalue weighted by atomic mass is 10.2. The molecule has 1 N–H and O–H groups in total. The minimum Gasteiger partial charge on any atom is -0.456 e. The third-order valence-electron chi connectivity index (χ3n) is 3.88. The van der Waals surface area contributed by atoms with Gasteiger partial charge in [-0.05, 0) is 18.2 Å². The molecule has 2 heterocycles. The Morgan fingerprint density at radius 3 is 2.62 bits per heavy atom. The summed E-state index contributed by atoms with van der Waals surface area (Å²) < 4.78 is 36.0. The van der Waals surface area contributed by atoms with Gasteiger partial charge in [-0.3, -0.25) is 9.59 Å². The average molecular weight is 457 g/mol. The fourth-order valence-electron chi connectivity index (χ4n) is 2.35. The number of nitrogens with one attached hydrogen (secondary N) is 1. The fourth-order valence-corrected chi connectivity index (χ4v) is 4.60. The largest absolute Gasteiger partial charge is 0.456 e. The molecule has 1 amide bonds. The van der Waals surface area contributed by atoms with Gasteiger partial charge in [0.2, 0.25) is 5.09 Å². The normalized spacial score (nSPS) is 11.7. The van der Waals surface area contributed by atoms with Crippen LogP contribution in [0.1, 0.15) is 15.4 Å². The Hall–Kier alpha value is -2.40. The van der Waals surface area contributed by atoms with Gasteiger partial charge in [-0.2, -0.15) is 0 Å². The summed E-state index contributed by atoms with van der Waals surface area (Å²) in [5, 5.41) is 3.32. The van der Waals surface area contributed by atoms with Crippen LogP contribution in [0.5, 0.6) is 0 Å². The van der Waals surface area contributed by atoms with Gasteiger partial charge >= 0.3 is 5.97 Å². The van der Waals surface area contributed by atoms with Crippen LogP contribution >= 0.6 is 22.9 Å². The number of nitrogens with zero attached hydrogens (tertiary/aromatic N) is 1. The number of thiophene rings is 1. The number of ether oxygens (including phenoxy) is 1. The molecule has 0 spiro atoms. The minimum absolute atomic E-state index is 0.164. The van der Waals surface area contributed by atoms with Crippen LogP contribution in [-0.4, -0.2) is 45.2 Å². The third-order valence-corrected chi connectivity index (χ3v) is 7.25. The molecular weight excluding hydrogens is 440 g/mol. The molecule has 1 aromatic carbocycles. The third kappa shape index (κ3) is 4.61. The first-order valence-corrected chi connectivity index (χ1v) is 11.0. The maximum absolute atomic E-state index is 12.3. The summed E-state index contributed by atoms with van der Waals surface area (Å²) in [5.41, 5.74) is 0. The van der Waals surface area contributed by atoms with Crippen molar-refractivity contribution in [1.29, 1.82) is 0 Å². The summed E-state index contributed by atoms with van der Waals surface area (Å²) in [6.07, 6.45) is 0. The van der Waals surface area contributed by atoms with Crippen molar-refractivity contribution in [2.45, 2.75) is 11.7 Å². The Morgan fingerprint density at radius 2 is 1.93 bits per heavy atom. The fraction of sp³-hybridized carbons (Fsp3) is 0.222. The monoisotopic (exact) mass is 456 g/mol. The summed E-state index contributed by atoms with van der Waals surface area (Å²) in [7, 11) is -0.948. The SMILES string of the molecule is CN(C)S(=O)(=O)c1ccc(COC(=O)CNC(=O)c2sc3ccccc3c2Cl)o1. The van der Waals surface area contributed by atoms with Gasteiger partial charge in [0.05, 0.1) is 5.02 Å². The Kier molecular flexibility index (Phi) is 6.27. The zero-order valence-corrected chi connectivity index (χ0v) is 17.9. The lowest BCUT2D eigenvalue weighted by molar-refractivity contribution is -0.144. The van der Waals surface area contributed by atoms with Crippen LogP contribution in [0.3, 0.4) is 0 Å². The van der Waals surface area contributed by atoms with E-state index in [0.29, 0.717) is 9.90 Å². The molecule has 11 heteroatoms. The van der Waals surface area contributed by atoms with Gasteiger partial charge in [-0.1, -0.05) is 29.8 Å². The highest BCUT2D eigenvalue weighted by Gasteiger charge is 2.22. The molecule has 0 aliphatic heterocycles. The first-order valence-electron chi connectivity index (χ1n) is 8.32. The summed E-state index contributed by atoms with van der Waals surface area (Å²) in [6.45, 7) is -0.631. The van der Waals surface area contributed by atoms with Gasteiger partial charge in [0.1, 0.15) is 23.8 Å². The smallest absolute Gasteiger partial charge is 0.325 e. The van der Waals surface area contributed by atoms with Crippen molar-refractivity contribution in [3.05, 3.63) is 52.1 Å². The number of hydrogen-bond acceptors (Lipinski definition) is 7. The van der Waals surface area contributed by atoms with Crippen LogP contribution in [-0.2, 0) is 26.2 Å². The van der Waals surface area contributed by atoms with Crippen LogP contribution in [0.2, 0.25) is 5.02 Å². The molecule has 0 unspecified atom stereocenters. The number of halogens is 1. The molecule has 0 aliphatic rings. The van der Waals surface area contributed by atoms with Gasteiger partial charge < -0.3 is 14.5 Å². The molecule has 0 atom stereocenters. The van der Waals surface area contributed by atoms with Crippen LogP contribution in [0.4, 0.5) is 0 Å². The van der Waals surface area contributed by atoms with Crippen molar-refractivity contribution in [3.8, 4) is 0 Å². The van der Waals surface area contributed by atoms with Crippen molar-refractivity contribution in [3.63, 3.8) is 0 Å². The number of fused-ring (bicyclic) bond motifs is 1. The van der Waals surface area contributed by atoms with Crippen molar-refractivity contribution in [1.82, 2.24) is 9.62 Å². The quantitative estimate of drug-likeness (QED) is 0.548.